The van der Waals surface area contributed by atoms with Gasteiger partial charge in [-0.3, -0.25) is 0 Å². The van der Waals surface area contributed by atoms with Crippen LogP contribution in [0.5, 0.6) is 0 Å². The van der Waals surface area contributed by atoms with E-state index in [-0.39, 0.29) is 5.82 Å². The molecule has 0 amide bonds. The molecule has 1 aliphatic carbocycles. The number of anilines is 1. The topological polar surface area (TPSA) is 41.6 Å². The molecule has 16 heavy (non-hydrogen) atoms. The van der Waals surface area contributed by atoms with Gasteiger partial charge in [0.15, 0.2) is 5.96 Å². The molecule has 1 saturated carbocycles. The van der Waals surface area contributed by atoms with Crippen LogP contribution in [0.25, 0.3) is 0 Å². The smallest absolute Gasteiger partial charge is 0.196 e. The summed E-state index contributed by atoms with van der Waals surface area (Å²) in [6.07, 6.45) is 2.25. The number of rotatable bonds is 3. The molecule has 2 rings (SSSR count). The number of halogens is 1. The van der Waals surface area contributed by atoms with Gasteiger partial charge in [0.1, 0.15) is 5.82 Å². The van der Waals surface area contributed by atoms with Gasteiger partial charge in [0.25, 0.3) is 0 Å². The molecular formula is C12H16FN3. The highest BCUT2D eigenvalue weighted by molar-refractivity contribution is 5.94. The molecule has 3 nitrogen and oxygen atoms in total. The first-order valence-corrected chi connectivity index (χ1v) is 5.57. The van der Waals surface area contributed by atoms with Gasteiger partial charge in [-0.05, 0) is 44.0 Å². The lowest BCUT2D eigenvalue weighted by Gasteiger charge is -2.21. The summed E-state index contributed by atoms with van der Waals surface area (Å²) in [6.45, 7) is 2.73. The molecule has 0 radical (unpaired) electrons. The third-order valence-electron chi connectivity index (χ3n) is 2.59. The average Bonchev–Trinajstić information content (AvgIpc) is 3.06. The lowest BCUT2D eigenvalue weighted by Crippen LogP contribution is -2.37. The van der Waals surface area contributed by atoms with Crippen LogP contribution < -0.4 is 10.6 Å². The molecule has 0 heterocycles. The van der Waals surface area contributed by atoms with Gasteiger partial charge in [-0.2, -0.15) is 0 Å². The zero-order valence-corrected chi connectivity index (χ0v) is 9.36. The molecule has 4 heteroatoms. The Balaban J connectivity index is 2.17. The van der Waals surface area contributed by atoms with E-state index < -0.39 is 0 Å². The van der Waals surface area contributed by atoms with Gasteiger partial charge in [0.05, 0.1) is 6.04 Å². The summed E-state index contributed by atoms with van der Waals surface area (Å²) < 4.78 is 12.8. The van der Waals surface area contributed by atoms with Crippen LogP contribution in [0.15, 0.2) is 29.3 Å². The van der Waals surface area contributed by atoms with E-state index in [1.807, 2.05) is 11.8 Å². The molecule has 2 N–H and O–H groups in total. The molecule has 1 aromatic rings. The van der Waals surface area contributed by atoms with Gasteiger partial charge in [0, 0.05) is 12.2 Å². The third kappa shape index (κ3) is 2.51. The SMILES string of the molecule is CCN(C(N)=NC1CC1)c1ccc(F)cc1. The van der Waals surface area contributed by atoms with Crippen LogP contribution in [0.2, 0.25) is 0 Å². The van der Waals surface area contributed by atoms with Crippen LogP contribution in [0.1, 0.15) is 19.8 Å². The van der Waals surface area contributed by atoms with Crippen molar-refractivity contribution in [2.24, 2.45) is 10.7 Å². The minimum Gasteiger partial charge on any atom is -0.370 e. The van der Waals surface area contributed by atoms with Crippen molar-refractivity contribution in [1.29, 1.82) is 0 Å². The standard InChI is InChI=1S/C12H16FN3/c1-2-16(12(14)15-10-5-6-10)11-7-3-9(13)4-8-11/h3-4,7-8,10H,2,5-6H2,1H3,(H2,14,15). The van der Waals surface area contributed by atoms with E-state index in [1.54, 1.807) is 12.1 Å². The fourth-order valence-electron chi connectivity index (χ4n) is 1.56. The van der Waals surface area contributed by atoms with Gasteiger partial charge < -0.3 is 10.6 Å². The summed E-state index contributed by atoms with van der Waals surface area (Å²) in [4.78, 5) is 6.27. The van der Waals surface area contributed by atoms with E-state index in [2.05, 4.69) is 4.99 Å². The highest BCUT2D eigenvalue weighted by Gasteiger charge is 2.22. The Kier molecular flexibility index (Phi) is 3.08. The second-order valence-electron chi connectivity index (χ2n) is 3.94. The zero-order chi connectivity index (χ0) is 11.5. The lowest BCUT2D eigenvalue weighted by molar-refractivity contribution is 0.628. The summed E-state index contributed by atoms with van der Waals surface area (Å²) in [7, 11) is 0. The lowest BCUT2D eigenvalue weighted by atomic mass is 10.3. The Morgan fingerprint density at radius 1 is 1.44 bits per heavy atom. The van der Waals surface area contributed by atoms with Gasteiger partial charge in [0.2, 0.25) is 0 Å². The molecule has 86 valence electrons. The van der Waals surface area contributed by atoms with Crippen LogP contribution in [0.4, 0.5) is 10.1 Å². The first-order chi connectivity index (χ1) is 7.70. The van der Waals surface area contributed by atoms with E-state index in [4.69, 9.17) is 5.73 Å². The molecule has 1 aromatic carbocycles. The van der Waals surface area contributed by atoms with Crippen molar-refractivity contribution in [3.8, 4) is 0 Å². The number of aliphatic imine (C=N–C) groups is 1. The predicted octanol–water partition coefficient (Wildman–Crippen LogP) is 2.13. The first kappa shape index (κ1) is 10.9. The fraction of sp³-hybridized carbons (Fsp3) is 0.417. The quantitative estimate of drug-likeness (QED) is 0.627. The Hall–Kier alpha value is -1.58. The highest BCUT2D eigenvalue weighted by Crippen LogP contribution is 2.24. The molecule has 1 fully saturated rings. The summed E-state index contributed by atoms with van der Waals surface area (Å²) in [6, 6.07) is 6.70. The third-order valence-corrected chi connectivity index (χ3v) is 2.59. The van der Waals surface area contributed by atoms with Crippen molar-refractivity contribution in [1.82, 2.24) is 0 Å². The Bertz CT molecular complexity index is 382. The maximum atomic E-state index is 12.8. The maximum absolute atomic E-state index is 12.8. The molecule has 0 atom stereocenters. The van der Waals surface area contributed by atoms with Crippen molar-refractivity contribution >= 4 is 11.6 Å². The Morgan fingerprint density at radius 3 is 2.56 bits per heavy atom. The van der Waals surface area contributed by atoms with Gasteiger partial charge in [-0.1, -0.05) is 0 Å². The van der Waals surface area contributed by atoms with Crippen molar-refractivity contribution in [3.63, 3.8) is 0 Å². The number of hydrogen-bond acceptors (Lipinski definition) is 1. The fourth-order valence-corrected chi connectivity index (χ4v) is 1.56. The monoisotopic (exact) mass is 221 g/mol. The minimum atomic E-state index is -0.238. The number of benzene rings is 1. The molecule has 0 spiro atoms. The molecule has 0 saturated heterocycles. The van der Waals surface area contributed by atoms with Gasteiger partial charge in [-0.15, -0.1) is 0 Å². The Morgan fingerprint density at radius 2 is 2.06 bits per heavy atom. The van der Waals surface area contributed by atoms with Crippen molar-refractivity contribution in [2.45, 2.75) is 25.8 Å². The van der Waals surface area contributed by atoms with Crippen LogP contribution in [-0.4, -0.2) is 18.5 Å². The molecule has 0 aliphatic heterocycles. The molecule has 0 unspecified atom stereocenters. The number of nitrogens with two attached hydrogens (primary N) is 1. The molecular weight excluding hydrogens is 205 g/mol. The van der Waals surface area contributed by atoms with Crippen molar-refractivity contribution in [3.05, 3.63) is 30.1 Å². The minimum absolute atomic E-state index is 0.238. The largest absolute Gasteiger partial charge is 0.370 e. The summed E-state index contributed by atoms with van der Waals surface area (Å²) >= 11 is 0. The van der Waals surface area contributed by atoms with E-state index in [0.717, 1.165) is 25.1 Å². The maximum Gasteiger partial charge on any atom is 0.196 e. The summed E-state index contributed by atoms with van der Waals surface area (Å²) in [5, 5.41) is 0. The van der Waals surface area contributed by atoms with Gasteiger partial charge >= 0.3 is 0 Å². The van der Waals surface area contributed by atoms with Crippen molar-refractivity contribution < 1.29 is 4.39 Å². The van der Waals surface area contributed by atoms with Crippen LogP contribution in [0.3, 0.4) is 0 Å². The van der Waals surface area contributed by atoms with Crippen LogP contribution >= 0.6 is 0 Å². The van der Waals surface area contributed by atoms with Crippen LogP contribution in [-0.2, 0) is 0 Å². The number of guanidine groups is 1. The van der Waals surface area contributed by atoms with E-state index in [1.165, 1.54) is 12.1 Å². The van der Waals surface area contributed by atoms with E-state index in [9.17, 15) is 4.39 Å². The second kappa shape index (κ2) is 4.51. The second-order valence-corrected chi connectivity index (χ2v) is 3.94. The zero-order valence-electron chi connectivity index (χ0n) is 9.36. The van der Waals surface area contributed by atoms with Crippen molar-refractivity contribution in [2.75, 3.05) is 11.4 Å². The van der Waals surface area contributed by atoms with Crippen LogP contribution in [0, 0.1) is 5.82 Å². The summed E-state index contributed by atoms with van der Waals surface area (Å²) in [5.41, 5.74) is 6.80. The normalized spacial score (nSPS) is 16.2. The van der Waals surface area contributed by atoms with E-state index >= 15 is 0 Å². The predicted molar refractivity (Wildman–Crippen MR) is 64.1 cm³/mol. The molecule has 0 bridgehead atoms. The first-order valence-electron chi connectivity index (χ1n) is 5.57. The Labute approximate surface area is 94.8 Å². The summed E-state index contributed by atoms with van der Waals surface area (Å²) in [5.74, 6) is 0.286. The average molecular weight is 221 g/mol. The van der Waals surface area contributed by atoms with Gasteiger partial charge in [-0.25, -0.2) is 9.38 Å². The highest BCUT2D eigenvalue weighted by atomic mass is 19.1. The molecule has 0 aromatic heterocycles. The number of nitrogens with zero attached hydrogens (tertiary/aromatic N) is 2. The molecule has 1 aliphatic rings. The van der Waals surface area contributed by atoms with E-state index in [0.29, 0.717) is 12.0 Å². The number of hydrogen-bond donors (Lipinski definition) is 1.